The molecular formula is C15H17BrN2O3. The first-order valence-corrected chi connectivity index (χ1v) is 7.48. The van der Waals surface area contributed by atoms with Crippen LogP contribution in [0.15, 0.2) is 22.8 Å². The number of hydrogen-bond donors (Lipinski definition) is 2. The van der Waals surface area contributed by atoms with E-state index < -0.39 is 5.97 Å². The molecule has 2 rings (SSSR count). The fourth-order valence-electron chi connectivity index (χ4n) is 2.13. The van der Waals surface area contributed by atoms with Crippen molar-refractivity contribution in [2.24, 2.45) is 0 Å². The summed E-state index contributed by atoms with van der Waals surface area (Å²) in [7, 11) is 0. The maximum atomic E-state index is 12.1. The molecule has 1 aromatic heterocycles. The van der Waals surface area contributed by atoms with Crippen molar-refractivity contribution in [1.82, 2.24) is 4.98 Å². The summed E-state index contributed by atoms with van der Waals surface area (Å²) in [6.07, 6.45) is 1.50. The maximum absolute atomic E-state index is 12.1. The number of esters is 1. The Hall–Kier alpha value is -1.66. The smallest absolute Gasteiger partial charge is 0.341 e. The van der Waals surface area contributed by atoms with Crippen molar-refractivity contribution in [2.45, 2.75) is 13.8 Å². The molecule has 5 nitrogen and oxygen atoms in total. The molecule has 0 radical (unpaired) electrons. The van der Waals surface area contributed by atoms with E-state index in [1.165, 1.54) is 6.20 Å². The van der Waals surface area contributed by atoms with Crippen LogP contribution in [0.1, 0.15) is 22.8 Å². The molecular weight excluding hydrogens is 336 g/mol. The monoisotopic (exact) mass is 352 g/mol. The molecule has 0 aliphatic carbocycles. The summed E-state index contributed by atoms with van der Waals surface area (Å²) >= 11 is 3.49. The van der Waals surface area contributed by atoms with Gasteiger partial charge in [-0.3, -0.25) is 4.98 Å². The molecule has 6 heteroatoms. The summed E-state index contributed by atoms with van der Waals surface area (Å²) in [5, 5.41) is 12.9. The third-order valence-corrected chi connectivity index (χ3v) is 3.58. The SMILES string of the molecule is CCOC(=O)c1cnc2c(Br)cc(C)cc2c1NCCO. The highest BCUT2D eigenvalue weighted by molar-refractivity contribution is 9.10. The Labute approximate surface area is 131 Å². The van der Waals surface area contributed by atoms with Gasteiger partial charge in [-0.15, -0.1) is 0 Å². The number of aliphatic hydroxyl groups is 1. The highest BCUT2D eigenvalue weighted by Crippen LogP contribution is 2.32. The van der Waals surface area contributed by atoms with Crippen molar-refractivity contribution in [1.29, 1.82) is 0 Å². The van der Waals surface area contributed by atoms with Crippen LogP contribution in [-0.2, 0) is 4.74 Å². The van der Waals surface area contributed by atoms with Crippen LogP contribution in [0, 0.1) is 6.92 Å². The summed E-state index contributed by atoms with van der Waals surface area (Å²) in [5.41, 5.74) is 2.81. The van der Waals surface area contributed by atoms with E-state index in [-0.39, 0.29) is 6.61 Å². The van der Waals surface area contributed by atoms with Gasteiger partial charge in [-0.2, -0.15) is 0 Å². The summed E-state index contributed by atoms with van der Waals surface area (Å²) < 4.78 is 5.93. The number of ether oxygens (including phenoxy) is 1. The highest BCUT2D eigenvalue weighted by Gasteiger charge is 2.17. The molecule has 0 aliphatic heterocycles. The van der Waals surface area contributed by atoms with Crippen molar-refractivity contribution in [3.05, 3.63) is 33.9 Å². The number of hydrogen-bond acceptors (Lipinski definition) is 5. The number of pyridine rings is 1. The number of aliphatic hydroxyl groups excluding tert-OH is 1. The van der Waals surface area contributed by atoms with Crippen LogP contribution in [-0.4, -0.2) is 35.8 Å². The molecule has 1 aromatic carbocycles. The van der Waals surface area contributed by atoms with Crippen LogP contribution in [0.25, 0.3) is 10.9 Å². The van der Waals surface area contributed by atoms with E-state index in [0.717, 1.165) is 20.9 Å². The number of carbonyl (C=O) groups excluding carboxylic acids is 1. The molecule has 112 valence electrons. The van der Waals surface area contributed by atoms with Crippen molar-refractivity contribution >= 4 is 38.5 Å². The van der Waals surface area contributed by atoms with Gasteiger partial charge in [-0.05, 0) is 47.5 Å². The molecule has 0 saturated carbocycles. The van der Waals surface area contributed by atoms with Crippen LogP contribution in [0.2, 0.25) is 0 Å². The number of carbonyl (C=O) groups is 1. The minimum Gasteiger partial charge on any atom is -0.462 e. The van der Waals surface area contributed by atoms with E-state index in [1.54, 1.807) is 6.92 Å². The number of rotatable bonds is 5. The molecule has 0 unspecified atom stereocenters. The first-order valence-electron chi connectivity index (χ1n) is 6.69. The van der Waals surface area contributed by atoms with Gasteiger partial charge in [0.25, 0.3) is 0 Å². The number of anilines is 1. The maximum Gasteiger partial charge on any atom is 0.341 e. The topological polar surface area (TPSA) is 71.5 Å². The zero-order chi connectivity index (χ0) is 15.4. The normalized spacial score (nSPS) is 10.7. The summed E-state index contributed by atoms with van der Waals surface area (Å²) in [6.45, 7) is 4.34. The predicted octanol–water partition coefficient (Wildman–Crippen LogP) is 2.89. The van der Waals surface area contributed by atoms with Gasteiger partial charge in [0.05, 0.1) is 24.4 Å². The third kappa shape index (κ3) is 3.33. The third-order valence-electron chi connectivity index (χ3n) is 2.98. The number of nitrogens with zero attached hydrogens (tertiary/aromatic N) is 1. The van der Waals surface area contributed by atoms with Gasteiger partial charge in [-0.1, -0.05) is 0 Å². The molecule has 0 bridgehead atoms. The lowest BCUT2D eigenvalue weighted by atomic mass is 10.1. The van der Waals surface area contributed by atoms with E-state index >= 15 is 0 Å². The zero-order valence-corrected chi connectivity index (χ0v) is 13.5. The van der Waals surface area contributed by atoms with Gasteiger partial charge >= 0.3 is 5.97 Å². The Morgan fingerprint density at radius 2 is 2.24 bits per heavy atom. The Kier molecular flexibility index (Phi) is 5.14. The second-order valence-corrected chi connectivity index (χ2v) is 5.41. The molecule has 2 aromatic rings. The summed E-state index contributed by atoms with van der Waals surface area (Å²) in [5.74, 6) is -0.426. The van der Waals surface area contributed by atoms with E-state index in [1.807, 2.05) is 19.1 Å². The molecule has 0 spiro atoms. The second-order valence-electron chi connectivity index (χ2n) is 4.56. The van der Waals surface area contributed by atoms with Gasteiger partial charge < -0.3 is 15.2 Å². The lowest BCUT2D eigenvalue weighted by Crippen LogP contribution is -2.13. The van der Waals surface area contributed by atoms with Crippen molar-refractivity contribution in [2.75, 3.05) is 25.1 Å². The van der Waals surface area contributed by atoms with E-state index in [9.17, 15) is 4.79 Å². The second kappa shape index (κ2) is 6.87. The summed E-state index contributed by atoms with van der Waals surface area (Å²) in [4.78, 5) is 16.4. The van der Waals surface area contributed by atoms with Crippen LogP contribution < -0.4 is 5.32 Å². The van der Waals surface area contributed by atoms with Gasteiger partial charge in [0.1, 0.15) is 5.56 Å². The predicted molar refractivity (Wildman–Crippen MR) is 85.7 cm³/mol. The first kappa shape index (κ1) is 15.7. The van der Waals surface area contributed by atoms with Gasteiger partial charge in [0.15, 0.2) is 0 Å². The Morgan fingerprint density at radius 1 is 1.48 bits per heavy atom. The largest absolute Gasteiger partial charge is 0.462 e. The van der Waals surface area contributed by atoms with Gasteiger partial charge in [0, 0.05) is 22.6 Å². The van der Waals surface area contributed by atoms with Crippen molar-refractivity contribution in [3.63, 3.8) is 0 Å². The Bertz CT molecular complexity index is 674. The van der Waals surface area contributed by atoms with Crippen LogP contribution in [0.5, 0.6) is 0 Å². The van der Waals surface area contributed by atoms with Crippen molar-refractivity contribution in [3.8, 4) is 0 Å². The van der Waals surface area contributed by atoms with Gasteiger partial charge in [0.2, 0.25) is 0 Å². The number of halogens is 1. The molecule has 0 fully saturated rings. The van der Waals surface area contributed by atoms with E-state index in [4.69, 9.17) is 9.84 Å². The standard InChI is InChI=1S/C15H17BrN2O3/c1-3-21-15(20)11-8-18-14-10(13(11)17-4-5-19)6-9(2)7-12(14)16/h6-8,19H,3-5H2,1-2H3,(H,17,18). The molecule has 0 atom stereocenters. The Morgan fingerprint density at radius 3 is 2.90 bits per heavy atom. The molecule has 21 heavy (non-hydrogen) atoms. The fraction of sp³-hybridized carbons (Fsp3) is 0.333. The number of nitrogens with one attached hydrogen (secondary N) is 1. The lowest BCUT2D eigenvalue weighted by molar-refractivity contribution is 0.0527. The number of fused-ring (bicyclic) bond motifs is 1. The average Bonchev–Trinajstić information content (AvgIpc) is 2.44. The molecule has 0 saturated heterocycles. The van der Waals surface area contributed by atoms with Gasteiger partial charge in [-0.25, -0.2) is 4.79 Å². The van der Waals surface area contributed by atoms with Crippen LogP contribution >= 0.6 is 15.9 Å². The first-order chi connectivity index (χ1) is 10.1. The number of benzene rings is 1. The quantitative estimate of drug-likeness (QED) is 0.809. The zero-order valence-electron chi connectivity index (χ0n) is 11.9. The minimum atomic E-state index is -0.426. The number of aryl methyl sites for hydroxylation is 1. The average molecular weight is 353 g/mol. The minimum absolute atomic E-state index is 0.0287. The fourth-order valence-corrected chi connectivity index (χ4v) is 2.81. The molecule has 0 aliphatic rings. The van der Waals surface area contributed by atoms with Crippen molar-refractivity contribution < 1.29 is 14.6 Å². The van der Waals surface area contributed by atoms with Crippen LogP contribution in [0.3, 0.4) is 0 Å². The van der Waals surface area contributed by atoms with E-state index in [0.29, 0.717) is 24.4 Å². The van der Waals surface area contributed by atoms with Crippen LogP contribution in [0.4, 0.5) is 5.69 Å². The lowest BCUT2D eigenvalue weighted by Gasteiger charge is -2.14. The number of aromatic nitrogens is 1. The summed E-state index contributed by atoms with van der Waals surface area (Å²) in [6, 6.07) is 3.92. The molecule has 1 heterocycles. The van der Waals surface area contributed by atoms with E-state index in [2.05, 4.69) is 26.2 Å². The molecule has 2 N–H and O–H groups in total. The highest BCUT2D eigenvalue weighted by atomic mass is 79.9. The molecule has 0 amide bonds. The Balaban J connectivity index is 2.66.